The van der Waals surface area contributed by atoms with E-state index >= 15 is 0 Å². The van der Waals surface area contributed by atoms with Crippen molar-refractivity contribution in [3.63, 3.8) is 0 Å². The molecule has 0 saturated heterocycles. The summed E-state index contributed by atoms with van der Waals surface area (Å²) in [5.41, 5.74) is 4.65. The summed E-state index contributed by atoms with van der Waals surface area (Å²) in [5.74, 6) is 0.686. The van der Waals surface area contributed by atoms with E-state index in [9.17, 15) is 14.8 Å². The highest BCUT2D eigenvalue weighted by Crippen LogP contribution is 2.41. The lowest BCUT2D eigenvalue weighted by molar-refractivity contribution is 0.356. The summed E-state index contributed by atoms with van der Waals surface area (Å²) in [7, 11) is -2.37. The Balaban J connectivity index is 2.04. The second kappa shape index (κ2) is 13.3. The van der Waals surface area contributed by atoms with Gasteiger partial charge in [0, 0.05) is 26.8 Å². The Bertz CT molecular complexity index is 1210. The molecular weight excluding hydrogens is 543 g/mol. The van der Waals surface area contributed by atoms with Crippen LogP contribution in [0.4, 0.5) is 0 Å². The maximum atomic E-state index is 12.1. The molecule has 2 aromatic rings. The molecule has 2 N–H and O–H groups in total. The van der Waals surface area contributed by atoms with E-state index in [0.717, 1.165) is 33.4 Å². The molecule has 0 radical (unpaired) electrons. The van der Waals surface area contributed by atoms with Gasteiger partial charge in [0.25, 0.3) is 0 Å². The highest BCUT2D eigenvalue weighted by atomic mass is 31.1. The molecule has 2 rings (SSSR count). The predicted octanol–water partition coefficient (Wildman–Crippen LogP) is 10.7. The molecule has 0 spiro atoms. The molecule has 0 saturated carbocycles. The standard InChI is InChI=1S/C36H49O5P/c1-33(2,3)27-21-25(22-28(31(27)37)34(4,5)6)17-13-15-19-40-42(39)41-20-16-14-18-26-23-29(35(7,8)9)32(38)30(24-26)36(10,11)12/h13-24H,1-12H3,(H-,37,38)/p+1/b17-13+,18-14+,19-15+,20-16+. The van der Waals surface area contributed by atoms with E-state index in [-0.39, 0.29) is 21.7 Å². The zero-order valence-electron chi connectivity index (χ0n) is 27.5. The van der Waals surface area contributed by atoms with Crippen molar-refractivity contribution in [2.45, 2.75) is 105 Å². The van der Waals surface area contributed by atoms with Gasteiger partial charge in [-0.15, -0.1) is 0 Å². The molecule has 0 amide bonds. The molecule has 0 aliphatic rings. The second-order valence-electron chi connectivity index (χ2n) is 14.7. The van der Waals surface area contributed by atoms with Gasteiger partial charge in [0.15, 0.2) is 12.5 Å². The van der Waals surface area contributed by atoms with E-state index in [4.69, 9.17) is 9.05 Å². The number of hydrogen-bond donors (Lipinski definition) is 2. The number of rotatable bonds is 8. The molecule has 0 heterocycles. The fourth-order valence-electron chi connectivity index (χ4n) is 4.41. The molecule has 2 aromatic carbocycles. The Labute approximate surface area is 254 Å². The average molecular weight is 594 g/mol. The van der Waals surface area contributed by atoms with Crippen LogP contribution in [0.1, 0.15) is 116 Å². The van der Waals surface area contributed by atoms with Crippen molar-refractivity contribution in [2.24, 2.45) is 0 Å². The van der Waals surface area contributed by atoms with E-state index in [1.807, 2.05) is 36.4 Å². The molecule has 0 atom stereocenters. The largest absolute Gasteiger partial charge is 0.804 e. The summed E-state index contributed by atoms with van der Waals surface area (Å²) >= 11 is 0. The molecule has 0 aliphatic carbocycles. The van der Waals surface area contributed by atoms with Crippen LogP contribution in [0.3, 0.4) is 0 Å². The van der Waals surface area contributed by atoms with E-state index in [1.165, 1.54) is 12.5 Å². The minimum Gasteiger partial charge on any atom is -0.507 e. The van der Waals surface area contributed by atoms with Crippen molar-refractivity contribution in [3.8, 4) is 11.5 Å². The monoisotopic (exact) mass is 593 g/mol. The van der Waals surface area contributed by atoms with Crippen molar-refractivity contribution in [1.82, 2.24) is 0 Å². The zero-order valence-corrected chi connectivity index (χ0v) is 28.4. The van der Waals surface area contributed by atoms with Gasteiger partial charge in [-0.25, -0.2) is 9.05 Å². The van der Waals surface area contributed by atoms with Crippen LogP contribution >= 0.6 is 8.25 Å². The van der Waals surface area contributed by atoms with Crippen LogP contribution in [0.5, 0.6) is 11.5 Å². The molecule has 5 nitrogen and oxygen atoms in total. The summed E-state index contributed by atoms with van der Waals surface area (Å²) in [6.07, 6.45) is 13.4. The Morgan fingerprint density at radius 2 is 0.786 bits per heavy atom. The minimum atomic E-state index is -2.37. The fourth-order valence-corrected chi connectivity index (χ4v) is 4.80. The van der Waals surface area contributed by atoms with Crippen molar-refractivity contribution < 1.29 is 23.8 Å². The number of allylic oxidation sites excluding steroid dienone is 4. The van der Waals surface area contributed by atoms with Gasteiger partial charge in [0.2, 0.25) is 0 Å². The Kier molecular flexibility index (Phi) is 11.1. The SMILES string of the molecule is CC(C)(C)c1cc(/C=C/C=C/O[P+](=O)O/C=C/C=C/c2cc(C(C)(C)C)c(O)c(C(C)(C)C)c2)cc(C(C)(C)C)c1O. The van der Waals surface area contributed by atoms with E-state index in [1.54, 1.807) is 24.3 Å². The molecule has 6 heteroatoms. The number of phenolic OH excluding ortho intramolecular Hbond substituents is 2. The number of phenols is 2. The van der Waals surface area contributed by atoms with Crippen LogP contribution in [0.2, 0.25) is 0 Å². The molecule has 0 aromatic heterocycles. The minimum absolute atomic E-state index is 0.208. The smallest absolute Gasteiger partial charge is 0.507 e. The maximum absolute atomic E-state index is 12.1. The van der Waals surface area contributed by atoms with Gasteiger partial charge in [-0.05, 0) is 69.2 Å². The van der Waals surface area contributed by atoms with Crippen molar-refractivity contribution in [1.29, 1.82) is 0 Å². The van der Waals surface area contributed by atoms with Gasteiger partial charge in [-0.1, -0.05) is 107 Å². The third-order valence-corrected chi connectivity index (χ3v) is 7.33. The molecule has 42 heavy (non-hydrogen) atoms. The zero-order chi connectivity index (χ0) is 32.1. The van der Waals surface area contributed by atoms with Gasteiger partial charge in [-0.2, -0.15) is 0 Å². The van der Waals surface area contributed by atoms with Crippen molar-refractivity contribution in [2.75, 3.05) is 0 Å². The van der Waals surface area contributed by atoms with Crippen LogP contribution in [-0.2, 0) is 35.3 Å². The van der Waals surface area contributed by atoms with Crippen LogP contribution < -0.4 is 0 Å². The first-order valence-corrected chi connectivity index (χ1v) is 15.4. The predicted molar refractivity (Wildman–Crippen MR) is 177 cm³/mol. The first-order chi connectivity index (χ1) is 19.1. The normalized spacial score (nSPS) is 13.6. The van der Waals surface area contributed by atoms with Gasteiger partial charge < -0.3 is 10.2 Å². The molecule has 0 bridgehead atoms. The summed E-state index contributed by atoms with van der Waals surface area (Å²) in [4.78, 5) is 0. The van der Waals surface area contributed by atoms with Gasteiger partial charge >= 0.3 is 8.25 Å². The number of benzene rings is 2. The Morgan fingerprint density at radius 3 is 1.02 bits per heavy atom. The lowest BCUT2D eigenvalue weighted by Gasteiger charge is -2.27. The maximum Gasteiger partial charge on any atom is 0.804 e. The van der Waals surface area contributed by atoms with Crippen LogP contribution in [0, 0.1) is 0 Å². The third-order valence-electron chi connectivity index (χ3n) is 6.75. The molecule has 0 aliphatic heterocycles. The Morgan fingerprint density at radius 1 is 0.524 bits per heavy atom. The van der Waals surface area contributed by atoms with E-state index < -0.39 is 8.25 Å². The third kappa shape index (κ3) is 9.91. The highest BCUT2D eigenvalue weighted by Gasteiger charge is 2.27. The first kappa shape index (κ1) is 34.9. The van der Waals surface area contributed by atoms with Gasteiger partial charge in [-0.3, -0.25) is 0 Å². The van der Waals surface area contributed by atoms with Crippen molar-refractivity contribution in [3.05, 3.63) is 94.5 Å². The molecule has 0 unspecified atom stereocenters. The average Bonchev–Trinajstić information content (AvgIpc) is 2.82. The summed E-state index contributed by atoms with van der Waals surface area (Å²) in [6, 6.07) is 7.96. The molecule has 228 valence electrons. The van der Waals surface area contributed by atoms with E-state index in [2.05, 4.69) is 83.1 Å². The quantitative estimate of drug-likeness (QED) is 0.181. The first-order valence-electron chi connectivity index (χ1n) is 14.4. The van der Waals surface area contributed by atoms with Crippen LogP contribution in [-0.4, -0.2) is 10.2 Å². The van der Waals surface area contributed by atoms with Crippen LogP contribution in [0.25, 0.3) is 12.2 Å². The number of hydrogen-bond acceptors (Lipinski definition) is 5. The second-order valence-corrected chi connectivity index (χ2v) is 15.6. The van der Waals surface area contributed by atoms with Gasteiger partial charge in [0.05, 0.1) is 0 Å². The van der Waals surface area contributed by atoms with Crippen LogP contribution in [0.15, 0.2) is 61.1 Å². The summed E-state index contributed by atoms with van der Waals surface area (Å²) < 4.78 is 22.4. The Hall–Kier alpha value is -3.30. The number of aromatic hydroxyl groups is 2. The summed E-state index contributed by atoms with van der Waals surface area (Å²) in [6.45, 7) is 24.9. The lowest BCUT2D eigenvalue weighted by atomic mass is 9.78. The van der Waals surface area contributed by atoms with E-state index in [0.29, 0.717) is 11.5 Å². The molecule has 0 fully saturated rings. The highest BCUT2D eigenvalue weighted by molar-refractivity contribution is 7.33. The topological polar surface area (TPSA) is 76.0 Å². The van der Waals surface area contributed by atoms with Crippen molar-refractivity contribution >= 4 is 20.4 Å². The van der Waals surface area contributed by atoms with Gasteiger partial charge in [0.1, 0.15) is 11.5 Å². The fraction of sp³-hybridized carbons (Fsp3) is 0.444. The lowest BCUT2D eigenvalue weighted by Crippen LogP contribution is -2.17. The molecular formula is C36H50O5P+. The summed E-state index contributed by atoms with van der Waals surface area (Å²) in [5, 5.41) is 21.8.